The molecule has 0 aliphatic heterocycles. The van der Waals surface area contributed by atoms with Crippen molar-refractivity contribution < 1.29 is 4.79 Å². The van der Waals surface area contributed by atoms with E-state index in [-0.39, 0.29) is 23.3 Å². The van der Waals surface area contributed by atoms with Crippen molar-refractivity contribution in [2.75, 3.05) is 13.6 Å². The zero-order valence-electron chi connectivity index (χ0n) is 13.2. The minimum absolute atomic E-state index is 0.00468. The highest BCUT2D eigenvalue weighted by molar-refractivity contribution is 5.81. The number of amides is 2. The molecule has 2 amide bonds. The van der Waals surface area contributed by atoms with Gasteiger partial charge in [-0.3, -0.25) is 5.41 Å². The average molecular weight is 292 g/mol. The molecular formula is C16H28N4O. The molecule has 1 unspecified atom stereocenters. The normalized spacial score (nSPS) is 38.1. The Bertz CT molecular complexity index is 412. The van der Waals surface area contributed by atoms with Crippen molar-refractivity contribution in [2.24, 2.45) is 29.4 Å². The van der Waals surface area contributed by atoms with Gasteiger partial charge >= 0.3 is 6.03 Å². The van der Waals surface area contributed by atoms with E-state index in [0.717, 1.165) is 17.8 Å². The van der Waals surface area contributed by atoms with Gasteiger partial charge in [-0.15, -0.1) is 0 Å². The van der Waals surface area contributed by atoms with E-state index in [1.807, 2.05) is 6.92 Å². The van der Waals surface area contributed by atoms with Crippen molar-refractivity contribution >= 4 is 11.9 Å². The van der Waals surface area contributed by atoms with E-state index in [2.05, 4.69) is 5.32 Å². The second kappa shape index (κ2) is 5.18. The number of nitrogens with one attached hydrogen (secondary N) is 2. The summed E-state index contributed by atoms with van der Waals surface area (Å²) in [4.78, 5) is 14.2. The fourth-order valence-electron chi connectivity index (χ4n) is 5.18. The van der Waals surface area contributed by atoms with Crippen LogP contribution in [0.1, 0.15) is 45.4 Å². The van der Waals surface area contributed by atoms with Crippen molar-refractivity contribution in [2.45, 2.75) is 51.0 Å². The van der Waals surface area contributed by atoms with Crippen LogP contribution in [0.3, 0.4) is 0 Å². The minimum Gasteiger partial charge on any atom is -0.387 e. The number of hydrogen-bond acceptors (Lipinski definition) is 2. The van der Waals surface area contributed by atoms with Crippen LogP contribution in [-0.4, -0.2) is 35.9 Å². The Morgan fingerprint density at radius 1 is 1.29 bits per heavy atom. The summed E-state index contributed by atoms with van der Waals surface area (Å²) in [5.41, 5.74) is 5.55. The third kappa shape index (κ3) is 2.87. The molecule has 1 atom stereocenters. The topological polar surface area (TPSA) is 82.2 Å². The summed E-state index contributed by atoms with van der Waals surface area (Å²) in [6.07, 6.45) is 7.65. The van der Waals surface area contributed by atoms with Crippen molar-refractivity contribution in [3.8, 4) is 0 Å². The number of rotatable bonds is 4. The van der Waals surface area contributed by atoms with Gasteiger partial charge in [0.2, 0.25) is 0 Å². The maximum absolute atomic E-state index is 12.5. The van der Waals surface area contributed by atoms with Gasteiger partial charge in [-0.2, -0.15) is 0 Å². The average Bonchev–Trinajstić information content (AvgIpc) is 2.35. The summed E-state index contributed by atoms with van der Waals surface area (Å²) in [7, 11) is 1.80. The highest BCUT2D eigenvalue weighted by Gasteiger charge is 2.51. The van der Waals surface area contributed by atoms with Crippen LogP contribution in [0.25, 0.3) is 0 Å². The van der Waals surface area contributed by atoms with Crippen molar-refractivity contribution in [1.82, 2.24) is 10.2 Å². The maximum Gasteiger partial charge on any atom is 0.317 e. The van der Waals surface area contributed by atoms with E-state index < -0.39 is 0 Å². The third-order valence-corrected chi connectivity index (χ3v) is 5.84. The first kappa shape index (κ1) is 14.7. The predicted octanol–water partition coefficient (Wildman–Crippen LogP) is 2.17. The lowest BCUT2D eigenvalue weighted by molar-refractivity contribution is -0.0153. The molecule has 118 valence electrons. The molecule has 4 aliphatic rings. The zero-order valence-corrected chi connectivity index (χ0v) is 13.2. The molecule has 4 N–H and O–H groups in total. The molecule has 4 aliphatic carbocycles. The Hall–Kier alpha value is -1.26. The molecule has 4 rings (SSSR count). The van der Waals surface area contributed by atoms with Gasteiger partial charge in [-0.25, -0.2) is 4.79 Å². The lowest BCUT2D eigenvalue weighted by atomic mass is 9.53. The van der Waals surface area contributed by atoms with Gasteiger partial charge in [0, 0.05) is 25.0 Å². The fraction of sp³-hybridized carbons (Fsp3) is 0.875. The Morgan fingerprint density at radius 2 is 1.76 bits per heavy atom. The zero-order chi connectivity index (χ0) is 15.2. The smallest absolute Gasteiger partial charge is 0.317 e. The monoisotopic (exact) mass is 292 g/mol. The summed E-state index contributed by atoms with van der Waals surface area (Å²) in [5.74, 6) is 2.55. The van der Waals surface area contributed by atoms with Crippen molar-refractivity contribution in [3.05, 3.63) is 0 Å². The molecule has 5 nitrogen and oxygen atoms in total. The standard InChI is InChI=1S/C16H28N4O/c1-10(14(17)18)9-20(2)15(21)19-16-6-11-3-12(7-16)5-13(4-11)8-16/h10-13H,3-9H2,1-2H3,(H3,17,18)(H,19,21). The molecule has 0 radical (unpaired) electrons. The summed E-state index contributed by atoms with van der Waals surface area (Å²) < 4.78 is 0. The summed E-state index contributed by atoms with van der Waals surface area (Å²) in [6, 6.07) is 0.00468. The number of carbonyl (C=O) groups excluding carboxylic acids is 1. The number of amidine groups is 1. The molecule has 0 aromatic heterocycles. The van der Waals surface area contributed by atoms with Crippen LogP contribution in [0.15, 0.2) is 0 Å². The van der Waals surface area contributed by atoms with Crippen LogP contribution in [-0.2, 0) is 0 Å². The number of hydrogen-bond donors (Lipinski definition) is 3. The van der Waals surface area contributed by atoms with Crippen molar-refractivity contribution in [3.63, 3.8) is 0 Å². The largest absolute Gasteiger partial charge is 0.387 e. The summed E-state index contributed by atoms with van der Waals surface area (Å²) in [5, 5.41) is 10.8. The predicted molar refractivity (Wildman–Crippen MR) is 83.1 cm³/mol. The quantitative estimate of drug-likeness (QED) is 0.548. The molecule has 21 heavy (non-hydrogen) atoms. The van der Waals surface area contributed by atoms with E-state index in [0.29, 0.717) is 6.54 Å². The first-order valence-corrected chi connectivity index (χ1v) is 8.24. The lowest BCUT2D eigenvalue weighted by Gasteiger charge is -2.57. The number of nitrogens with zero attached hydrogens (tertiary/aromatic N) is 1. The Balaban J connectivity index is 1.61. The molecule has 4 fully saturated rings. The fourth-order valence-corrected chi connectivity index (χ4v) is 5.18. The Labute approximate surface area is 127 Å². The molecule has 0 saturated heterocycles. The van der Waals surface area contributed by atoms with E-state index in [9.17, 15) is 4.79 Å². The van der Waals surface area contributed by atoms with Crippen LogP contribution in [0.5, 0.6) is 0 Å². The summed E-state index contributed by atoms with van der Waals surface area (Å²) in [6.45, 7) is 2.39. The van der Waals surface area contributed by atoms with Gasteiger partial charge in [-0.05, 0) is 56.3 Å². The van der Waals surface area contributed by atoms with E-state index >= 15 is 0 Å². The lowest BCUT2D eigenvalue weighted by Crippen LogP contribution is -2.61. The van der Waals surface area contributed by atoms with Gasteiger partial charge < -0.3 is 16.0 Å². The van der Waals surface area contributed by atoms with Crippen LogP contribution in [0, 0.1) is 29.1 Å². The van der Waals surface area contributed by atoms with Gasteiger partial charge in [-0.1, -0.05) is 6.92 Å². The SMILES string of the molecule is CC(CN(C)C(=O)NC12CC3CC(CC(C3)C1)C2)C(=N)N. The highest BCUT2D eigenvalue weighted by Crippen LogP contribution is 2.55. The highest BCUT2D eigenvalue weighted by atomic mass is 16.2. The molecule has 0 aromatic rings. The molecule has 4 saturated carbocycles. The van der Waals surface area contributed by atoms with Gasteiger partial charge in [0.1, 0.15) is 0 Å². The van der Waals surface area contributed by atoms with E-state index in [1.54, 1.807) is 11.9 Å². The molecule has 0 aromatic carbocycles. The number of nitrogens with two attached hydrogens (primary N) is 1. The van der Waals surface area contributed by atoms with Crippen LogP contribution >= 0.6 is 0 Å². The Morgan fingerprint density at radius 3 is 2.19 bits per heavy atom. The van der Waals surface area contributed by atoms with Crippen molar-refractivity contribution in [1.29, 1.82) is 5.41 Å². The second-order valence-corrected chi connectivity index (χ2v) is 7.86. The molecular weight excluding hydrogens is 264 g/mol. The third-order valence-electron chi connectivity index (χ3n) is 5.84. The second-order valence-electron chi connectivity index (χ2n) is 7.86. The molecule has 5 heteroatoms. The first-order chi connectivity index (χ1) is 9.87. The van der Waals surface area contributed by atoms with Gasteiger partial charge in [0.05, 0.1) is 5.84 Å². The van der Waals surface area contributed by atoms with Gasteiger partial charge in [0.15, 0.2) is 0 Å². The molecule has 0 spiro atoms. The number of carbonyl (C=O) groups is 1. The van der Waals surface area contributed by atoms with Crippen LogP contribution in [0.4, 0.5) is 4.79 Å². The van der Waals surface area contributed by atoms with E-state index in [4.69, 9.17) is 11.1 Å². The van der Waals surface area contributed by atoms with E-state index in [1.165, 1.54) is 38.5 Å². The maximum atomic E-state index is 12.5. The van der Waals surface area contributed by atoms with Gasteiger partial charge in [0.25, 0.3) is 0 Å². The molecule has 4 bridgehead atoms. The first-order valence-electron chi connectivity index (χ1n) is 8.24. The summed E-state index contributed by atoms with van der Waals surface area (Å²) >= 11 is 0. The Kier molecular flexibility index (Phi) is 3.62. The van der Waals surface area contributed by atoms with Crippen LogP contribution < -0.4 is 11.1 Å². The minimum atomic E-state index is -0.0860. The van der Waals surface area contributed by atoms with Crippen LogP contribution in [0.2, 0.25) is 0 Å². The number of urea groups is 1. The molecule has 0 heterocycles.